The van der Waals surface area contributed by atoms with E-state index in [2.05, 4.69) is 5.32 Å². The van der Waals surface area contributed by atoms with Crippen molar-refractivity contribution in [1.82, 2.24) is 10.2 Å². The SMILES string of the molecule is CNC(=O)C(C)N(Cc1ccc(OC)cc1)C(=O)CN(c1cccc(C)c1)S(=O)(=O)c1ccccc1. The van der Waals surface area contributed by atoms with Crippen LogP contribution in [0.2, 0.25) is 0 Å². The molecule has 9 heteroatoms. The number of hydrogen-bond acceptors (Lipinski definition) is 5. The van der Waals surface area contributed by atoms with Crippen LogP contribution in [0.15, 0.2) is 83.8 Å². The molecule has 8 nitrogen and oxygen atoms in total. The molecule has 0 saturated heterocycles. The molecule has 1 N–H and O–H groups in total. The molecule has 0 spiro atoms. The van der Waals surface area contributed by atoms with Crippen molar-refractivity contribution in [2.45, 2.75) is 31.3 Å². The molecule has 0 fully saturated rings. The van der Waals surface area contributed by atoms with Gasteiger partial charge in [0.25, 0.3) is 10.0 Å². The van der Waals surface area contributed by atoms with Crippen LogP contribution in [-0.4, -0.2) is 51.9 Å². The van der Waals surface area contributed by atoms with Crippen molar-refractivity contribution in [2.24, 2.45) is 0 Å². The summed E-state index contributed by atoms with van der Waals surface area (Å²) < 4.78 is 33.6. The predicted octanol–water partition coefficient (Wildman–Crippen LogP) is 3.36. The Morgan fingerprint density at radius 3 is 2.22 bits per heavy atom. The fourth-order valence-corrected chi connectivity index (χ4v) is 5.18. The maximum atomic E-state index is 13.7. The van der Waals surface area contributed by atoms with Crippen molar-refractivity contribution in [3.8, 4) is 5.75 Å². The lowest BCUT2D eigenvalue weighted by Gasteiger charge is -2.32. The average molecular weight is 510 g/mol. The number of carbonyl (C=O) groups excluding carboxylic acids is 2. The predicted molar refractivity (Wildman–Crippen MR) is 139 cm³/mol. The highest BCUT2D eigenvalue weighted by molar-refractivity contribution is 7.92. The van der Waals surface area contributed by atoms with Gasteiger partial charge in [-0.3, -0.25) is 13.9 Å². The normalized spacial score (nSPS) is 11.9. The molecule has 2 amide bonds. The first-order valence-electron chi connectivity index (χ1n) is 11.5. The fraction of sp³-hybridized carbons (Fsp3) is 0.259. The largest absolute Gasteiger partial charge is 0.497 e. The number of ether oxygens (including phenoxy) is 1. The second-order valence-electron chi connectivity index (χ2n) is 8.32. The van der Waals surface area contributed by atoms with Crippen LogP contribution >= 0.6 is 0 Å². The lowest BCUT2D eigenvalue weighted by Crippen LogP contribution is -2.50. The second kappa shape index (κ2) is 11.7. The van der Waals surface area contributed by atoms with Crippen LogP contribution in [0.4, 0.5) is 5.69 Å². The van der Waals surface area contributed by atoms with Gasteiger partial charge in [0.1, 0.15) is 18.3 Å². The summed E-state index contributed by atoms with van der Waals surface area (Å²) >= 11 is 0. The Bertz CT molecular complexity index is 1290. The van der Waals surface area contributed by atoms with Crippen LogP contribution in [0.25, 0.3) is 0 Å². The molecule has 190 valence electrons. The molecule has 3 aromatic carbocycles. The van der Waals surface area contributed by atoms with Crippen molar-refractivity contribution in [1.29, 1.82) is 0 Å². The third kappa shape index (κ3) is 6.23. The minimum Gasteiger partial charge on any atom is -0.497 e. The summed E-state index contributed by atoms with van der Waals surface area (Å²) in [6.45, 7) is 3.11. The van der Waals surface area contributed by atoms with Crippen LogP contribution in [0.1, 0.15) is 18.1 Å². The molecule has 36 heavy (non-hydrogen) atoms. The molecule has 1 atom stereocenters. The van der Waals surface area contributed by atoms with Crippen LogP contribution in [0, 0.1) is 6.92 Å². The first kappa shape index (κ1) is 26.7. The topological polar surface area (TPSA) is 96.0 Å². The van der Waals surface area contributed by atoms with Crippen molar-refractivity contribution in [2.75, 3.05) is 25.0 Å². The summed E-state index contributed by atoms with van der Waals surface area (Å²) in [5.41, 5.74) is 1.99. The first-order chi connectivity index (χ1) is 17.2. The zero-order valence-corrected chi connectivity index (χ0v) is 21.7. The number of carbonyl (C=O) groups is 2. The van der Waals surface area contributed by atoms with E-state index in [1.54, 1.807) is 74.7 Å². The Labute approximate surface area is 212 Å². The average Bonchev–Trinajstić information content (AvgIpc) is 2.90. The van der Waals surface area contributed by atoms with E-state index in [1.807, 2.05) is 13.0 Å². The number of aryl methyl sites for hydroxylation is 1. The lowest BCUT2D eigenvalue weighted by atomic mass is 10.1. The number of anilines is 1. The molecular weight excluding hydrogens is 478 g/mol. The van der Waals surface area contributed by atoms with Gasteiger partial charge in [0.2, 0.25) is 11.8 Å². The van der Waals surface area contributed by atoms with Gasteiger partial charge in [-0.25, -0.2) is 8.42 Å². The number of hydrogen-bond donors (Lipinski definition) is 1. The molecule has 3 rings (SSSR count). The van der Waals surface area contributed by atoms with Crippen molar-refractivity contribution in [3.05, 3.63) is 90.0 Å². The van der Waals surface area contributed by atoms with Gasteiger partial charge >= 0.3 is 0 Å². The Balaban J connectivity index is 2.00. The fourth-order valence-electron chi connectivity index (χ4n) is 3.75. The van der Waals surface area contributed by atoms with Gasteiger partial charge in [0.05, 0.1) is 17.7 Å². The van der Waals surface area contributed by atoms with E-state index >= 15 is 0 Å². The summed E-state index contributed by atoms with van der Waals surface area (Å²) in [6.07, 6.45) is 0. The zero-order valence-electron chi connectivity index (χ0n) is 20.8. The number of sulfonamides is 1. The van der Waals surface area contributed by atoms with E-state index < -0.39 is 28.5 Å². The van der Waals surface area contributed by atoms with Crippen LogP contribution in [0.3, 0.4) is 0 Å². The number of amides is 2. The van der Waals surface area contributed by atoms with Crippen molar-refractivity contribution < 1.29 is 22.7 Å². The molecule has 0 aliphatic heterocycles. The van der Waals surface area contributed by atoms with Gasteiger partial charge in [0.15, 0.2) is 0 Å². The van der Waals surface area contributed by atoms with E-state index in [4.69, 9.17) is 4.74 Å². The van der Waals surface area contributed by atoms with Crippen LogP contribution in [0.5, 0.6) is 5.75 Å². The van der Waals surface area contributed by atoms with Gasteiger partial charge in [-0.1, -0.05) is 42.5 Å². The van der Waals surface area contributed by atoms with Gasteiger partial charge < -0.3 is 15.0 Å². The molecular formula is C27H31N3O5S. The highest BCUT2D eigenvalue weighted by Crippen LogP contribution is 2.25. The van der Waals surface area contributed by atoms with Crippen molar-refractivity contribution in [3.63, 3.8) is 0 Å². The summed E-state index contributed by atoms with van der Waals surface area (Å²) in [6, 6.07) is 21.2. The number of rotatable bonds is 10. The second-order valence-corrected chi connectivity index (χ2v) is 10.2. The number of nitrogens with zero attached hydrogens (tertiary/aromatic N) is 2. The zero-order chi connectivity index (χ0) is 26.3. The van der Waals surface area contributed by atoms with E-state index in [0.717, 1.165) is 15.4 Å². The van der Waals surface area contributed by atoms with E-state index in [0.29, 0.717) is 11.4 Å². The van der Waals surface area contributed by atoms with Gasteiger partial charge in [-0.2, -0.15) is 0 Å². The number of likely N-dealkylation sites (N-methyl/N-ethyl adjacent to an activating group) is 1. The Kier molecular flexibility index (Phi) is 8.71. The van der Waals surface area contributed by atoms with Crippen LogP contribution < -0.4 is 14.4 Å². The first-order valence-corrected chi connectivity index (χ1v) is 12.9. The maximum absolute atomic E-state index is 13.7. The Morgan fingerprint density at radius 2 is 1.64 bits per heavy atom. The summed E-state index contributed by atoms with van der Waals surface area (Å²) in [5, 5.41) is 2.57. The molecule has 1 unspecified atom stereocenters. The van der Waals surface area contributed by atoms with E-state index in [9.17, 15) is 18.0 Å². The van der Waals surface area contributed by atoms with Gasteiger partial charge in [-0.15, -0.1) is 0 Å². The molecule has 3 aromatic rings. The van der Waals surface area contributed by atoms with Crippen LogP contribution in [-0.2, 0) is 26.2 Å². The maximum Gasteiger partial charge on any atom is 0.264 e. The molecule has 0 radical (unpaired) electrons. The number of methoxy groups -OCH3 is 1. The van der Waals surface area contributed by atoms with Crippen molar-refractivity contribution >= 4 is 27.5 Å². The number of benzene rings is 3. The highest BCUT2D eigenvalue weighted by Gasteiger charge is 2.32. The van der Waals surface area contributed by atoms with E-state index in [1.165, 1.54) is 24.1 Å². The quantitative estimate of drug-likeness (QED) is 0.452. The van der Waals surface area contributed by atoms with Gasteiger partial charge in [0, 0.05) is 13.6 Å². The summed E-state index contributed by atoms with van der Waals surface area (Å²) in [5.74, 6) is -0.205. The molecule has 0 aromatic heterocycles. The number of nitrogens with one attached hydrogen (secondary N) is 1. The Hall–Kier alpha value is -3.85. The third-order valence-corrected chi connectivity index (χ3v) is 7.61. The smallest absolute Gasteiger partial charge is 0.264 e. The third-order valence-electron chi connectivity index (χ3n) is 5.83. The standard InChI is InChI=1S/C27H31N3O5S/c1-20-9-8-10-23(17-20)30(36(33,34)25-11-6-5-7-12-25)19-26(31)29(21(2)27(32)28-3)18-22-13-15-24(35-4)16-14-22/h5-17,21H,18-19H2,1-4H3,(H,28,32). The van der Waals surface area contributed by atoms with Gasteiger partial charge in [-0.05, 0) is 61.4 Å². The molecule has 0 saturated carbocycles. The lowest BCUT2D eigenvalue weighted by molar-refractivity contribution is -0.139. The summed E-state index contributed by atoms with van der Waals surface area (Å²) in [7, 11) is -1.01. The molecule has 0 aliphatic carbocycles. The summed E-state index contributed by atoms with van der Waals surface area (Å²) in [4.78, 5) is 27.7. The molecule has 0 aliphatic rings. The molecule has 0 bridgehead atoms. The minimum absolute atomic E-state index is 0.0698. The molecule has 0 heterocycles. The Morgan fingerprint density at radius 1 is 0.972 bits per heavy atom. The highest BCUT2D eigenvalue weighted by atomic mass is 32.2. The van der Waals surface area contributed by atoms with E-state index in [-0.39, 0.29) is 17.3 Å². The monoisotopic (exact) mass is 509 g/mol. The minimum atomic E-state index is -4.06.